The molecule has 0 aliphatic carbocycles. The average molecular weight is 272 g/mol. The third-order valence-corrected chi connectivity index (χ3v) is 2.76. The molecule has 0 fully saturated rings. The quantitative estimate of drug-likeness (QED) is 0.894. The number of primary amides is 1. The van der Waals surface area contributed by atoms with Crippen LogP contribution in [-0.4, -0.2) is 11.8 Å². The van der Waals surface area contributed by atoms with Crippen LogP contribution in [0.5, 0.6) is 0 Å². The predicted molar refractivity (Wildman–Crippen MR) is 73.7 cm³/mol. The minimum atomic E-state index is -0.533. The molecular formula is C15H13FN2O2. The van der Waals surface area contributed by atoms with Crippen molar-refractivity contribution in [3.8, 4) is 0 Å². The maximum Gasteiger partial charge on any atom is 0.248 e. The number of benzene rings is 2. The maximum absolute atomic E-state index is 13.4. The molecule has 2 aromatic rings. The van der Waals surface area contributed by atoms with E-state index in [1.807, 2.05) is 0 Å². The second-order valence-corrected chi connectivity index (χ2v) is 4.26. The number of anilines is 1. The summed E-state index contributed by atoms with van der Waals surface area (Å²) in [5.41, 5.74) is 6.33. The fourth-order valence-electron chi connectivity index (χ4n) is 1.74. The SMILES string of the molecule is NC(=O)c1ccc(NC(=O)Cc2ccccc2F)cc1. The summed E-state index contributed by atoms with van der Waals surface area (Å²) in [7, 11) is 0. The van der Waals surface area contributed by atoms with Gasteiger partial charge in [-0.25, -0.2) is 4.39 Å². The smallest absolute Gasteiger partial charge is 0.248 e. The molecule has 0 radical (unpaired) electrons. The number of halogens is 1. The summed E-state index contributed by atoms with van der Waals surface area (Å²) >= 11 is 0. The van der Waals surface area contributed by atoms with E-state index >= 15 is 0 Å². The third-order valence-electron chi connectivity index (χ3n) is 2.76. The first-order valence-electron chi connectivity index (χ1n) is 5.99. The first-order valence-corrected chi connectivity index (χ1v) is 5.99. The Morgan fingerprint density at radius 2 is 1.70 bits per heavy atom. The lowest BCUT2D eigenvalue weighted by Crippen LogP contribution is -2.15. The Kier molecular flexibility index (Phi) is 4.10. The Labute approximate surface area is 115 Å². The minimum absolute atomic E-state index is 0.0513. The normalized spacial score (nSPS) is 10.1. The molecule has 0 aliphatic heterocycles. The van der Waals surface area contributed by atoms with Crippen molar-refractivity contribution in [2.45, 2.75) is 6.42 Å². The molecule has 0 unspecified atom stereocenters. The first kappa shape index (κ1) is 13.7. The monoisotopic (exact) mass is 272 g/mol. The molecule has 2 rings (SSSR count). The summed E-state index contributed by atoms with van der Waals surface area (Å²) in [5.74, 6) is -1.28. The lowest BCUT2D eigenvalue weighted by molar-refractivity contribution is -0.115. The number of amides is 2. The van der Waals surface area contributed by atoms with Gasteiger partial charge in [0.05, 0.1) is 6.42 Å². The van der Waals surface area contributed by atoms with E-state index in [0.29, 0.717) is 16.8 Å². The van der Waals surface area contributed by atoms with Crippen molar-refractivity contribution >= 4 is 17.5 Å². The Morgan fingerprint density at radius 1 is 1.05 bits per heavy atom. The Morgan fingerprint density at radius 3 is 2.30 bits per heavy atom. The standard InChI is InChI=1S/C15H13FN2O2/c16-13-4-2-1-3-11(13)9-14(19)18-12-7-5-10(6-8-12)15(17)20/h1-8H,9H2,(H2,17,20)(H,18,19). The summed E-state index contributed by atoms with van der Waals surface area (Å²) in [6.07, 6.45) is -0.0513. The topological polar surface area (TPSA) is 72.2 Å². The van der Waals surface area contributed by atoms with Gasteiger partial charge in [0.2, 0.25) is 11.8 Å². The maximum atomic E-state index is 13.4. The van der Waals surface area contributed by atoms with E-state index in [1.54, 1.807) is 30.3 Å². The lowest BCUT2D eigenvalue weighted by Gasteiger charge is -2.06. The summed E-state index contributed by atoms with van der Waals surface area (Å²) < 4.78 is 13.4. The van der Waals surface area contributed by atoms with Gasteiger partial charge in [-0.05, 0) is 35.9 Å². The van der Waals surface area contributed by atoms with E-state index in [4.69, 9.17) is 5.73 Å². The number of carbonyl (C=O) groups is 2. The van der Waals surface area contributed by atoms with Crippen LogP contribution >= 0.6 is 0 Å². The molecule has 5 heteroatoms. The van der Waals surface area contributed by atoms with Gasteiger partial charge in [0, 0.05) is 11.3 Å². The lowest BCUT2D eigenvalue weighted by atomic mass is 10.1. The van der Waals surface area contributed by atoms with Crippen LogP contribution < -0.4 is 11.1 Å². The molecule has 0 saturated carbocycles. The van der Waals surface area contributed by atoms with Crippen molar-refractivity contribution in [1.82, 2.24) is 0 Å². The fourth-order valence-corrected chi connectivity index (χ4v) is 1.74. The van der Waals surface area contributed by atoms with Crippen LogP contribution in [0.15, 0.2) is 48.5 Å². The van der Waals surface area contributed by atoms with Crippen LogP contribution in [0.1, 0.15) is 15.9 Å². The number of carbonyl (C=O) groups excluding carboxylic acids is 2. The molecule has 0 atom stereocenters. The highest BCUT2D eigenvalue weighted by atomic mass is 19.1. The van der Waals surface area contributed by atoms with Crippen molar-refractivity contribution in [2.75, 3.05) is 5.32 Å². The van der Waals surface area contributed by atoms with Gasteiger partial charge < -0.3 is 11.1 Å². The van der Waals surface area contributed by atoms with E-state index < -0.39 is 11.7 Å². The molecule has 2 amide bonds. The van der Waals surface area contributed by atoms with Crippen LogP contribution in [0, 0.1) is 5.82 Å². The molecule has 0 heterocycles. The Balaban J connectivity index is 2.01. The summed E-state index contributed by atoms with van der Waals surface area (Å²) in [4.78, 5) is 22.7. The molecule has 20 heavy (non-hydrogen) atoms. The zero-order valence-corrected chi connectivity index (χ0v) is 10.6. The molecule has 3 N–H and O–H groups in total. The Hall–Kier alpha value is -2.69. The van der Waals surface area contributed by atoms with Crippen molar-refractivity contribution < 1.29 is 14.0 Å². The van der Waals surface area contributed by atoms with E-state index in [1.165, 1.54) is 18.2 Å². The summed E-state index contributed by atoms with van der Waals surface area (Å²) in [5, 5.41) is 2.63. The molecular weight excluding hydrogens is 259 g/mol. The second kappa shape index (κ2) is 5.97. The first-order chi connectivity index (χ1) is 9.56. The fraction of sp³-hybridized carbons (Fsp3) is 0.0667. The van der Waals surface area contributed by atoms with Gasteiger partial charge in [-0.15, -0.1) is 0 Å². The van der Waals surface area contributed by atoms with Crippen LogP contribution in [-0.2, 0) is 11.2 Å². The van der Waals surface area contributed by atoms with Gasteiger partial charge in [-0.1, -0.05) is 18.2 Å². The molecule has 0 spiro atoms. The minimum Gasteiger partial charge on any atom is -0.366 e. The number of nitrogens with one attached hydrogen (secondary N) is 1. The van der Waals surface area contributed by atoms with Gasteiger partial charge in [-0.3, -0.25) is 9.59 Å². The van der Waals surface area contributed by atoms with Gasteiger partial charge >= 0.3 is 0 Å². The highest BCUT2D eigenvalue weighted by Gasteiger charge is 2.08. The Bertz CT molecular complexity index is 639. The van der Waals surface area contributed by atoms with E-state index in [9.17, 15) is 14.0 Å². The molecule has 0 saturated heterocycles. The molecule has 0 aliphatic rings. The second-order valence-electron chi connectivity index (χ2n) is 4.26. The van der Waals surface area contributed by atoms with Crippen molar-refractivity contribution in [1.29, 1.82) is 0 Å². The van der Waals surface area contributed by atoms with E-state index in [-0.39, 0.29) is 12.3 Å². The molecule has 0 bridgehead atoms. The summed E-state index contributed by atoms with van der Waals surface area (Å²) in [6, 6.07) is 12.3. The number of hydrogen-bond donors (Lipinski definition) is 2. The number of nitrogens with two attached hydrogens (primary N) is 1. The molecule has 102 valence electrons. The van der Waals surface area contributed by atoms with Crippen LogP contribution in [0.3, 0.4) is 0 Å². The highest BCUT2D eigenvalue weighted by molar-refractivity contribution is 5.95. The van der Waals surface area contributed by atoms with Gasteiger partial charge in [0.25, 0.3) is 0 Å². The molecule has 2 aromatic carbocycles. The number of rotatable bonds is 4. The van der Waals surface area contributed by atoms with Crippen LogP contribution in [0.25, 0.3) is 0 Å². The highest BCUT2D eigenvalue weighted by Crippen LogP contribution is 2.11. The van der Waals surface area contributed by atoms with Crippen molar-refractivity contribution in [3.63, 3.8) is 0 Å². The van der Waals surface area contributed by atoms with Crippen molar-refractivity contribution in [3.05, 3.63) is 65.5 Å². The van der Waals surface area contributed by atoms with Crippen LogP contribution in [0.4, 0.5) is 10.1 Å². The van der Waals surface area contributed by atoms with Gasteiger partial charge in [-0.2, -0.15) is 0 Å². The molecule has 0 aromatic heterocycles. The van der Waals surface area contributed by atoms with Gasteiger partial charge in [0.15, 0.2) is 0 Å². The van der Waals surface area contributed by atoms with E-state index in [2.05, 4.69) is 5.32 Å². The largest absolute Gasteiger partial charge is 0.366 e. The predicted octanol–water partition coefficient (Wildman–Crippen LogP) is 2.11. The van der Waals surface area contributed by atoms with E-state index in [0.717, 1.165) is 0 Å². The zero-order chi connectivity index (χ0) is 14.5. The third kappa shape index (κ3) is 3.41. The average Bonchev–Trinajstić information content (AvgIpc) is 2.42. The number of hydrogen-bond acceptors (Lipinski definition) is 2. The summed E-state index contributed by atoms with van der Waals surface area (Å²) in [6.45, 7) is 0. The van der Waals surface area contributed by atoms with Crippen LogP contribution in [0.2, 0.25) is 0 Å². The zero-order valence-electron chi connectivity index (χ0n) is 10.6. The van der Waals surface area contributed by atoms with Gasteiger partial charge in [0.1, 0.15) is 5.82 Å². The van der Waals surface area contributed by atoms with Crippen molar-refractivity contribution in [2.24, 2.45) is 5.73 Å². The molecule has 4 nitrogen and oxygen atoms in total.